The molecule has 2 saturated carbocycles. The highest BCUT2D eigenvalue weighted by molar-refractivity contribution is 5.79. The second kappa shape index (κ2) is 6.22. The number of aliphatic hydroxyl groups excluding tert-OH is 1. The van der Waals surface area contributed by atoms with Crippen LogP contribution >= 0.6 is 0 Å². The first-order valence-corrected chi connectivity index (χ1v) is 7.81. The van der Waals surface area contributed by atoms with Gasteiger partial charge in [-0.2, -0.15) is 0 Å². The molecule has 2 fully saturated rings. The van der Waals surface area contributed by atoms with Crippen LogP contribution in [0.4, 0.5) is 4.79 Å². The second-order valence-electron chi connectivity index (χ2n) is 6.65. The Hall–Kier alpha value is -1.30. The van der Waals surface area contributed by atoms with Gasteiger partial charge in [-0.25, -0.2) is 4.79 Å². The molecule has 0 heterocycles. The number of aliphatic carboxylic acids is 1. The lowest BCUT2D eigenvalue weighted by atomic mass is 9.85. The van der Waals surface area contributed by atoms with E-state index in [4.69, 9.17) is 0 Å². The van der Waals surface area contributed by atoms with E-state index in [0.29, 0.717) is 12.8 Å². The number of rotatable bonds is 3. The molecule has 21 heavy (non-hydrogen) atoms. The number of nitrogens with zero attached hydrogens (tertiary/aromatic N) is 1. The number of carbonyl (C=O) groups excluding carboxylic acids is 1. The number of nitrogens with one attached hydrogen (secondary N) is 1. The van der Waals surface area contributed by atoms with Gasteiger partial charge in [-0.15, -0.1) is 0 Å². The SMILES string of the molecule is CN(C(=O)NC1CCCC1(C)C(=O)O)C1CCCCC1O. The molecular weight excluding hydrogens is 272 g/mol. The summed E-state index contributed by atoms with van der Waals surface area (Å²) < 4.78 is 0. The van der Waals surface area contributed by atoms with Crippen molar-refractivity contribution >= 4 is 12.0 Å². The monoisotopic (exact) mass is 298 g/mol. The van der Waals surface area contributed by atoms with Gasteiger partial charge in [-0.05, 0) is 32.6 Å². The summed E-state index contributed by atoms with van der Waals surface area (Å²) in [5.74, 6) is -0.856. The van der Waals surface area contributed by atoms with Crippen molar-refractivity contribution in [1.82, 2.24) is 10.2 Å². The molecule has 0 saturated heterocycles. The molecular formula is C15H26N2O4. The van der Waals surface area contributed by atoms with Gasteiger partial charge in [0.05, 0.1) is 17.6 Å². The van der Waals surface area contributed by atoms with Gasteiger partial charge >= 0.3 is 12.0 Å². The van der Waals surface area contributed by atoms with Gasteiger partial charge < -0.3 is 20.4 Å². The van der Waals surface area contributed by atoms with Crippen molar-refractivity contribution < 1.29 is 19.8 Å². The van der Waals surface area contributed by atoms with Crippen molar-refractivity contribution in [2.24, 2.45) is 5.41 Å². The number of hydrogen-bond acceptors (Lipinski definition) is 3. The first-order valence-electron chi connectivity index (χ1n) is 7.81. The Morgan fingerprint density at radius 1 is 1.19 bits per heavy atom. The van der Waals surface area contributed by atoms with E-state index in [-0.39, 0.29) is 18.1 Å². The van der Waals surface area contributed by atoms with Crippen LogP contribution in [-0.2, 0) is 4.79 Å². The van der Waals surface area contributed by atoms with Gasteiger partial charge in [0.2, 0.25) is 0 Å². The lowest BCUT2D eigenvalue weighted by Gasteiger charge is -2.37. The zero-order valence-electron chi connectivity index (χ0n) is 12.8. The topological polar surface area (TPSA) is 89.9 Å². The molecule has 0 radical (unpaired) electrons. The molecule has 0 bridgehead atoms. The van der Waals surface area contributed by atoms with Crippen molar-refractivity contribution in [3.63, 3.8) is 0 Å². The predicted octanol–water partition coefficient (Wildman–Crippen LogP) is 1.57. The zero-order chi connectivity index (χ0) is 15.6. The number of likely N-dealkylation sites (N-methyl/N-ethyl adjacent to an activating group) is 1. The van der Waals surface area contributed by atoms with Crippen LogP contribution in [0.1, 0.15) is 51.9 Å². The largest absolute Gasteiger partial charge is 0.481 e. The molecule has 2 rings (SSSR count). The predicted molar refractivity (Wildman–Crippen MR) is 77.9 cm³/mol. The molecule has 0 aromatic heterocycles. The molecule has 2 amide bonds. The summed E-state index contributed by atoms with van der Waals surface area (Å²) in [7, 11) is 1.68. The molecule has 0 aromatic carbocycles. The van der Waals surface area contributed by atoms with Gasteiger partial charge in [-0.3, -0.25) is 4.79 Å². The van der Waals surface area contributed by atoms with Crippen molar-refractivity contribution in [3.05, 3.63) is 0 Å². The number of hydrogen-bond donors (Lipinski definition) is 3. The maximum Gasteiger partial charge on any atom is 0.317 e. The quantitative estimate of drug-likeness (QED) is 0.738. The van der Waals surface area contributed by atoms with Gasteiger partial charge in [0.15, 0.2) is 0 Å². The zero-order valence-corrected chi connectivity index (χ0v) is 12.8. The lowest BCUT2D eigenvalue weighted by molar-refractivity contribution is -0.148. The summed E-state index contributed by atoms with van der Waals surface area (Å²) in [5.41, 5.74) is -0.887. The molecule has 4 unspecified atom stereocenters. The Morgan fingerprint density at radius 3 is 2.48 bits per heavy atom. The summed E-state index contributed by atoms with van der Waals surface area (Å²) in [6.45, 7) is 1.70. The summed E-state index contributed by atoms with van der Waals surface area (Å²) in [6, 6.07) is -0.790. The van der Waals surface area contributed by atoms with Crippen LogP contribution in [0.25, 0.3) is 0 Å². The third-order valence-corrected chi connectivity index (χ3v) is 5.26. The molecule has 3 N–H and O–H groups in total. The van der Waals surface area contributed by atoms with Crippen molar-refractivity contribution in [3.8, 4) is 0 Å². The highest BCUT2D eigenvalue weighted by Crippen LogP contribution is 2.38. The molecule has 6 heteroatoms. The third kappa shape index (κ3) is 3.15. The van der Waals surface area contributed by atoms with Crippen LogP contribution in [0.3, 0.4) is 0 Å². The van der Waals surface area contributed by atoms with Crippen molar-refractivity contribution in [2.45, 2.75) is 70.1 Å². The highest BCUT2D eigenvalue weighted by atomic mass is 16.4. The minimum absolute atomic E-state index is 0.170. The van der Waals surface area contributed by atoms with Gasteiger partial charge in [0.25, 0.3) is 0 Å². The Morgan fingerprint density at radius 2 is 1.86 bits per heavy atom. The molecule has 120 valence electrons. The first-order chi connectivity index (χ1) is 9.86. The first kappa shape index (κ1) is 16.1. The fraction of sp³-hybridized carbons (Fsp3) is 0.867. The van der Waals surface area contributed by atoms with Crippen LogP contribution in [0, 0.1) is 5.41 Å². The average molecular weight is 298 g/mol. The second-order valence-corrected chi connectivity index (χ2v) is 6.65. The van der Waals surface area contributed by atoms with Crippen molar-refractivity contribution in [2.75, 3.05) is 7.05 Å². The molecule has 6 nitrogen and oxygen atoms in total. The average Bonchev–Trinajstić information content (AvgIpc) is 2.81. The summed E-state index contributed by atoms with van der Waals surface area (Å²) in [5, 5.41) is 22.3. The van der Waals surface area contributed by atoms with Gasteiger partial charge in [0, 0.05) is 13.1 Å². The summed E-state index contributed by atoms with van der Waals surface area (Å²) in [6.07, 6.45) is 5.12. The van der Waals surface area contributed by atoms with E-state index in [9.17, 15) is 19.8 Å². The number of amides is 2. The van der Waals surface area contributed by atoms with E-state index < -0.39 is 17.5 Å². The van der Waals surface area contributed by atoms with E-state index >= 15 is 0 Å². The molecule has 2 aliphatic carbocycles. The molecule has 4 atom stereocenters. The Balaban J connectivity index is 1.99. The minimum atomic E-state index is -0.887. The smallest absolute Gasteiger partial charge is 0.317 e. The molecule has 2 aliphatic rings. The van der Waals surface area contributed by atoms with E-state index in [1.54, 1.807) is 18.9 Å². The number of carbonyl (C=O) groups is 2. The lowest BCUT2D eigenvalue weighted by Crippen LogP contribution is -2.55. The standard InChI is InChI=1S/C15H26N2O4/c1-15(13(19)20)9-5-8-12(15)16-14(21)17(2)10-6-3-4-7-11(10)18/h10-12,18H,3-9H2,1-2H3,(H,16,21)(H,19,20). The van der Waals surface area contributed by atoms with E-state index in [0.717, 1.165) is 32.1 Å². The number of aliphatic hydroxyl groups is 1. The van der Waals surface area contributed by atoms with Crippen LogP contribution in [0.15, 0.2) is 0 Å². The minimum Gasteiger partial charge on any atom is -0.481 e. The van der Waals surface area contributed by atoms with Crippen LogP contribution in [0.2, 0.25) is 0 Å². The fourth-order valence-electron chi connectivity index (χ4n) is 3.60. The van der Waals surface area contributed by atoms with Gasteiger partial charge in [-0.1, -0.05) is 19.3 Å². The fourth-order valence-corrected chi connectivity index (χ4v) is 3.60. The third-order valence-electron chi connectivity index (χ3n) is 5.26. The van der Waals surface area contributed by atoms with E-state index in [2.05, 4.69) is 5.32 Å². The van der Waals surface area contributed by atoms with Gasteiger partial charge in [0.1, 0.15) is 0 Å². The Labute approximate surface area is 125 Å². The van der Waals surface area contributed by atoms with E-state index in [1.807, 2.05) is 0 Å². The van der Waals surface area contributed by atoms with E-state index in [1.165, 1.54) is 0 Å². The van der Waals surface area contributed by atoms with Crippen LogP contribution in [0.5, 0.6) is 0 Å². The number of carboxylic acid groups (broad SMARTS) is 1. The number of urea groups is 1. The molecule has 0 aromatic rings. The molecule has 0 aliphatic heterocycles. The summed E-state index contributed by atoms with van der Waals surface area (Å²) >= 11 is 0. The van der Waals surface area contributed by atoms with Crippen LogP contribution in [-0.4, -0.2) is 52.3 Å². The maximum absolute atomic E-state index is 12.4. The highest BCUT2D eigenvalue weighted by Gasteiger charge is 2.46. The summed E-state index contributed by atoms with van der Waals surface area (Å²) in [4.78, 5) is 25.3. The Kier molecular flexibility index (Phi) is 4.76. The normalized spacial score (nSPS) is 36.2. The van der Waals surface area contributed by atoms with Crippen LogP contribution < -0.4 is 5.32 Å². The maximum atomic E-state index is 12.4. The number of carboxylic acids is 1. The molecule has 0 spiro atoms. The van der Waals surface area contributed by atoms with Crippen molar-refractivity contribution in [1.29, 1.82) is 0 Å². The Bertz CT molecular complexity index is 414.